The summed E-state index contributed by atoms with van der Waals surface area (Å²) in [5.41, 5.74) is 5.02. The molecule has 2 aromatic rings. The Bertz CT molecular complexity index is 782. The van der Waals surface area contributed by atoms with Crippen molar-refractivity contribution in [2.45, 2.75) is 6.42 Å². The molecule has 0 unspecified atom stereocenters. The van der Waals surface area contributed by atoms with Crippen LogP contribution in [-0.2, 0) is 4.79 Å². The van der Waals surface area contributed by atoms with Gasteiger partial charge in [0.05, 0.1) is 12.1 Å². The van der Waals surface area contributed by atoms with E-state index in [4.69, 9.17) is 5.26 Å². The first kappa shape index (κ1) is 13.4. The monoisotopic (exact) mass is 294 g/mol. The Morgan fingerprint density at radius 2 is 2.18 bits per heavy atom. The Kier molecular flexibility index (Phi) is 3.57. The number of hydrazone groups is 1. The van der Waals surface area contributed by atoms with E-state index in [0.717, 1.165) is 11.3 Å². The van der Waals surface area contributed by atoms with Gasteiger partial charge in [-0.2, -0.15) is 15.6 Å². The van der Waals surface area contributed by atoms with Crippen LogP contribution < -0.4 is 10.7 Å². The Hall–Kier alpha value is -3.54. The smallest absolute Gasteiger partial charge is 0.246 e. The molecule has 1 aromatic carbocycles. The van der Waals surface area contributed by atoms with Gasteiger partial charge < -0.3 is 5.32 Å². The molecule has 0 atom stereocenters. The zero-order valence-corrected chi connectivity index (χ0v) is 11.2. The summed E-state index contributed by atoms with van der Waals surface area (Å²) in [5.74, 6) is 0.107. The molecule has 0 saturated heterocycles. The summed E-state index contributed by atoms with van der Waals surface area (Å²) in [6, 6.07) is 9.31. The third kappa shape index (κ3) is 2.80. The van der Waals surface area contributed by atoms with Gasteiger partial charge in [0.25, 0.3) is 0 Å². The number of nitriles is 1. The highest BCUT2D eigenvalue weighted by atomic mass is 16.2. The minimum atomic E-state index is -0.112. The van der Waals surface area contributed by atoms with E-state index in [0.29, 0.717) is 5.71 Å². The molecule has 1 amide bonds. The molecular weight excluding hydrogens is 284 g/mol. The van der Waals surface area contributed by atoms with Gasteiger partial charge in [-0.05, 0) is 22.9 Å². The van der Waals surface area contributed by atoms with Crippen molar-refractivity contribution in [2.75, 3.05) is 5.32 Å². The van der Waals surface area contributed by atoms with Crippen LogP contribution in [0.3, 0.4) is 0 Å². The first-order valence-corrected chi connectivity index (χ1v) is 6.33. The molecule has 2 heterocycles. The Labute approximate surface area is 124 Å². The summed E-state index contributed by atoms with van der Waals surface area (Å²) in [6.45, 7) is 0. The molecule has 0 fully saturated rings. The highest BCUT2D eigenvalue weighted by Crippen LogP contribution is 2.15. The van der Waals surface area contributed by atoms with Crippen LogP contribution in [0, 0.1) is 11.3 Å². The van der Waals surface area contributed by atoms with Gasteiger partial charge in [0.2, 0.25) is 11.7 Å². The van der Waals surface area contributed by atoms with Gasteiger partial charge in [0, 0.05) is 11.9 Å². The van der Waals surface area contributed by atoms with Gasteiger partial charge in [0.15, 0.2) is 0 Å². The van der Waals surface area contributed by atoms with Gasteiger partial charge in [-0.15, -0.1) is 10.2 Å². The number of rotatable bonds is 4. The van der Waals surface area contributed by atoms with Gasteiger partial charge in [-0.1, -0.05) is 12.1 Å². The highest BCUT2D eigenvalue weighted by Gasteiger charge is 2.15. The van der Waals surface area contributed by atoms with Gasteiger partial charge >= 0.3 is 0 Å². The predicted molar refractivity (Wildman–Crippen MR) is 77.1 cm³/mol. The number of tetrazole rings is 1. The lowest BCUT2D eigenvalue weighted by Gasteiger charge is -2.03. The molecule has 0 aliphatic carbocycles. The van der Waals surface area contributed by atoms with E-state index in [1.54, 1.807) is 0 Å². The van der Waals surface area contributed by atoms with Crippen molar-refractivity contribution in [1.29, 1.82) is 5.26 Å². The van der Waals surface area contributed by atoms with Gasteiger partial charge in [0.1, 0.15) is 11.6 Å². The summed E-state index contributed by atoms with van der Waals surface area (Å²) >= 11 is 0. The van der Waals surface area contributed by atoms with E-state index >= 15 is 0 Å². The number of aromatic nitrogens is 4. The van der Waals surface area contributed by atoms with Crippen LogP contribution in [0.15, 0.2) is 35.6 Å². The number of allylic oxidation sites excluding steroid dienone is 1. The van der Waals surface area contributed by atoms with Crippen LogP contribution in [0.2, 0.25) is 0 Å². The normalized spacial score (nSPS) is 14.2. The summed E-state index contributed by atoms with van der Waals surface area (Å²) in [6.07, 6.45) is 1.78. The van der Waals surface area contributed by atoms with E-state index in [9.17, 15) is 4.79 Å². The number of hydrogen-bond acceptors (Lipinski definition) is 7. The molecule has 9 heteroatoms. The first-order valence-electron chi connectivity index (χ1n) is 6.33. The molecule has 0 bridgehead atoms. The number of carbonyl (C=O) groups excluding carboxylic acids is 1. The maximum Gasteiger partial charge on any atom is 0.246 e. The average molecular weight is 294 g/mol. The first-order chi connectivity index (χ1) is 10.8. The van der Waals surface area contributed by atoms with E-state index in [-0.39, 0.29) is 23.7 Å². The second-order valence-corrected chi connectivity index (χ2v) is 4.40. The van der Waals surface area contributed by atoms with Crippen LogP contribution in [0.25, 0.3) is 5.57 Å². The number of anilines is 1. The molecule has 1 aliphatic heterocycles. The number of carbonyl (C=O) groups is 1. The predicted octanol–water partition coefficient (Wildman–Crippen LogP) is 0.400. The number of benzene rings is 1. The summed E-state index contributed by atoms with van der Waals surface area (Å²) < 4.78 is 0. The molecule has 9 nitrogen and oxygen atoms in total. The van der Waals surface area contributed by atoms with Crippen molar-refractivity contribution in [3.8, 4) is 6.07 Å². The number of aromatic amines is 1. The van der Waals surface area contributed by atoms with Crippen molar-refractivity contribution in [1.82, 2.24) is 26.0 Å². The fraction of sp³-hybridized carbons (Fsp3) is 0.0769. The van der Waals surface area contributed by atoms with E-state index in [1.807, 2.05) is 30.3 Å². The number of hydrogen-bond donors (Lipinski definition) is 3. The van der Waals surface area contributed by atoms with Crippen molar-refractivity contribution in [3.05, 3.63) is 41.9 Å². The molecule has 0 spiro atoms. The van der Waals surface area contributed by atoms with E-state index < -0.39 is 0 Å². The fourth-order valence-corrected chi connectivity index (χ4v) is 1.86. The van der Waals surface area contributed by atoms with Gasteiger partial charge in [-0.3, -0.25) is 4.79 Å². The highest BCUT2D eigenvalue weighted by molar-refractivity contribution is 6.13. The Morgan fingerprint density at radius 3 is 2.77 bits per heavy atom. The quantitative estimate of drug-likeness (QED) is 0.699. The third-order valence-corrected chi connectivity index (χ3v) is 2.95. The maximum atomic E-state index is 11.1. The Morgan fingerprint density at radius 1 is 1.36 bits per heavy atom. The SMILES string of the molecule is N#CC(=CNc1ccc(C2=NNC(=O)C2)cc1)c1nn[nH]n1. The molecule has 0 saturated carbocycles. The lowest BCUT2D eigenvalue weighted by molar-refractivity contribution is -0.119. The molecule has 22 heavy (non-hydrogen) atoms. The molecule has 108 valence electrons. The second-order valence-electron chi connectivity index (χ2n) is 4.40. The Balaban J connectivity index is 1.71. The minimum absolute atomic E-state index is 0.112. The van der Waals surface area contributed by atoms with E-state index in [2.05, 4.69) is 36.5 Å². The zero-order chi connectivity index (χ0) is 15.4. The van der Waals surface area contributed by atoms with Crippen LogP contribution >= 0.6 is 0 Å². The van der Waals surface area contributed by atoms with Crippen molar-refractivity contribution in [3.63, 3.8) is 0 Å². The minimum Gasteiger partial charge on any atom is -0.360 e. The topological polar surface area (TPSA) is 132 Å². The third-order valence-electron chi connectivity index (χ3n) is 2.95. The van der Waals surface area contributed by atoms with Crippen molar-refractivity contribution < 1.29 is 4.79 Å². The summed E-state index contributed by atoms with van der Waals surface area (Å²) in [4.78, 5) is 11.1. The van der Waals surface area contributed by atoms with Crippen molar-refractivity contribution in [2.24, 2.45) is 5.10 Å². The molecule has 3 rings (SSSR count). The van der Waals surface area contributed by atoms with Crippen LogP contribution in [0.5, 0.6) is 0 Å². The fourth-order valence-electron chi connectivity index (χ4n) is 1.86. The average Bonchev–Trinajstić information content (AvgIpc) is 3.20. The number of nitrogens with one attached hydrogen (secondary N) is 3. The largest absolute Gasteiger partial charge is 0.360 e. The lowest BCUT2D eigenvalue weighted by Crippen LogP contribution is -2.09. The second kappa shape index (κ2) is 5.84. The van der Waals surface area contributed by atoms with E-state index in [1.165, 1.54) is 6.20 Å². The summed E-state index contributed by atoms with van der Waals surface area (Å²) in [7, 11) is 0. The molecule has 0 radical (unpaired) electrons. The maximum absolute atomic E-state index is 11.1. The van der Waals surface area contributed by atoms with Crippen LogP contribution in [0.1, 0.15) is 17.8 Å². The molecular formula is C13H10N8O. The molecule has 3 N–H and O–H groups in total. The number of nitrogens with zero attached hydrogens (tertiary/aromatic N) is 5. The summed E-state index contributed by atoms with van der Waals surface area (Å²) in [5, 5.41) is 29.2. The molecule has 1 aromatic heterocycles. The standard InChI is InChI=1S/C13H10N8O/c14-6-9(13-18-20-21-19-13)7-15-10-3-1-8(2-4-10)11-5-12(22)17-16-11/h1-4,7,15H,5H2,(H,17,22)(H,18,19,20,21). The zero-order valence-electron chi connectivity index (χ0n) is 11.2. The lowest BCUT2D eigenvalue weighted by atomic mass is 10.1. The van der Waals surface area contributed by atoms with Gasteiger partial charge in [-0.25, -0.2) is 5.43 Å². The van der Waals surface area contributed by atoms with Crippen LogP contribution in [0.4, 0.5) is 5.69 Å². The van der Waals surface area contributed by atoms with Crippen LogP contribution in [-0.4, -0.2) is 32.2 Å². The number of amides is 1. The van der Waals surface area contributed by atoms with Crippen molar-refractivity contribution >= 4 is 22.9 Å². The number of H-pyrrole nitrogens is 1. The molecule has 1 aliphatic rings.